The van der Waals surface area contributed by atoms with Gasteiger partial charge in [0.25, 0.3) is 7.82 Å². The smallest absolute Gasteiger partial charge is 0.306 e. The molecule has 0 aliphatic carbocycles. The zero-order chi connectivity index (χ0) is 42.1. The number of ether oxygens (including phenoxy) is 2. The van der Waals surface area contributed by atoms with Gasteiger partial charge >= 0.3 is 11.9 Å². The van der Waals surface area contributed by atoms with Crippen LogP contribution in [0, 0.1) is 0 Å². The summed E-state index contributed by atoms with van der Waals surface area (Å²) in [6, 6.07) is 0. The zero-order valence-electron chi connectivity index (χ0n) is 37.8. The van der Waals surface area contributed by atoms with Crippen molar-refractivity contribution in [1.82, 2.24) is 0 Å². The fraction of sp³-hybridized carbons (Fsp3) is 0.872. The Balaban J connectivity index is 4.24. The van der Waals surface area contributed by atoms with E-state index >= 15 is 0 Å². The Bertz CT molecular complexity index is 1030. The van der Waals surface area contributed by atoms with Crippen LogP contribution < -0.4 is 4.89 Å². The highest BCUT2D eigenvalue weighted by Crippen LogP contribution is 2.38. The molecule has 9 nitrogen and oxygen atoms in total. The summed E-state index contributed by atoms with van der Waals surface area (Å²) in [5.41, 5.74) is 0. The first-order chi connectivity index (χ1) is 27.5. The molecule has 0 heterocycles. The first-order valence-corrected chi connectivity index (χ1v) is 25.0. The predicted molar refractivity (Wildman–Crippen MR) is 236 cm³/mol. The van der Waals surface area contributed by atoms with E-state index in [9.17, 15) is 19.0 Å². The number of esters is 2. The third kappa shape index (κ3) is 43.9. The third-order valence-electron chi connectivity index (χ3n) is 10.2. The maximum atomic E-state index is 12.7. The Kier molecular flexibility index (Phi) is 38.9. The maximum Gasteiger partial charge on any atom is 0.306 e. The van der Waals surface area contributed by atoms with E-state index in [1.54, 1.807) is 0 Å². The molecule has 57 heavy (non-hydrogen) atoms. The number of carbonyl (C=O) groups excluding carboxylic acids is 2. The number of carbonyl (C=O) groups is 2. The van der Waals surface area contributed by atoms with Crippen molar-refractivity contribution in [2.45, 2.75) is 219 Å². The van der Waals surface area contributed by atoms with Crippen LogP contribution in [0.5, 0.6) is 0 Å². The minimum Gasteiger partial charge on any atom is -0.756 e. The summed E-state index contributed by atoms with van der Waals surface area (Å²) in [5, 5.41) is 0. The molecule has 0 aliphatic heterocycles. The molecule has 0 radical (unpaired) electrons. The summed E-state index contributed by atoms with van der Waals surface area (Å²) >= 11 is 0. The van der Waals surface area contributed by atoms with Crippen LogP contribution in [-0.2, 0) is 32.7 Å². The Morgan fingerprint density at radius 3 is 1.46 bits per heavy atom. The molecule has 0 fully saturated rings. The molecule has 0 aromatic heterocycles. The molecular formula is C47H90NO8P. The largest absolute Gasteiger partial charge is 0.756 e. The van der Waals surface area contributed by atoms with Gasteiger partial charge in [-0.15, -0.1) is 0 Å². The standard InChI is InChI=1S/C47H90NO8P/c1-6-8-10-12-14-16-18-20-21-22-23-24-25-26-28-29-31-33-35-37-39-46(49)53-43-45(44-55-57(51,52)54-42-41-48(3,4)5)56-47(50)40-38-36-34-32-30-27-19-17-15-13-11-9-7-2/h11,13,17,19,45H,6-10,12,14-16,18,20-44H2,1-5H3/b13-11-,19-17-. The SMILES string of the molecule is CCC/C=C\C/C=C\CCCCCCCC(=O)OC(COC(=O)CCCCCCCCCCCCCCCCCCCCCC)COP(=O)([O-])OCC[N+](C)(C)C. The highest BCUT2D eigenvalue weighted by Gasteiger charge is 2.21. The number of hydrogen-bond donors (Lipinski definition) is 0. The first-order valence-electron chi connectivity index (χ1n) is 23.5. The lowest BCUT2D eigenvalue weighted by atomic mass is 10.0. The molecule has 336 valence electrons. The van der Waals surface area contributed by atoms with E-state index < -0.39 is 26.5 Å². The van der Waals surface area contributed by atoms with Crippen molar-refractivity contribution < 1.29 is 42.1 Å². The number of phosphoric ester groups is 1. The van der Waals surface area contributed by atoms with Crippen molar-refractivity contribution in [3.8, 4) is 0 Å². The van der Waals surface area contributed by atoms with E-state index in [1.165, 1.54) is 116 Å². The highest BCUT2D eigenvalue weighted by molar-refractivity contribution is 7.45. The summed E-state index contributed by atoms with van der Waals surface area (Å²) in [6.45, 7) is 4.17. The number of hydrogen-bond acceptors (Lipinski definition) is 8. The van der Waals surface area contributed by atoms with Crippen LogP contribution in [0.2, 0.25) is 0 Å². The van der Waals surface area contributed by atoms with Crippen LogP contribution in [-0.4, -0.2) is 70.0 Å². The Hall–Kier alpha value is -1.51. The van der Waals surface area contributed by atoms with Crippen molar-refractivity contribution in [2.75, 3.05) is 47.5 Å². The van der Waals surface area contributed by atoms with Crippen LogP contribution >= 0.6 is 7.82 Å². The van der Waals surface area contributed by atoms with Crippen LogP contribution in [0.4, 0.5) is 0 Å². The van der Waals surface area contributed by atoms with Gasteiger partial charge in [-0.25, -0.2) is 0 Å². The summed E-state index contributed by atoms with van der Waals surface area (Å²) in [7, 11) is 1.16. The van der Waals surface area contributed by atoms with Crippen LogP contribution in [0.15, 0.2) is 24.3 Å². The van der Waals surface area contributed by atoms with Crippen LogP contribution in [0.1, 0.15) is 213 Å². The van der Waals surface area contributed by atoms with Crippen molar-refractivity contribution in [2.24, 2.45) is 0 Å². The summed E-state index contributed by atoms with van der Waals surface area (Å²) in [5.74, 6) is -0.842. The average Bonchev–Trinajstić information content (AvgIpc) is 3.16. The lowest BCUT2D eigenvalue weighted by Crippen LogP contribution is -2.37. The highest BCUT2D eigenvalue weighted by atomic mass is 31.2. The van der Waals surface area contributed by atoms with E-state index in [2.05, 4.69) is 38.2 Å². The monoisotopic (exact) mass is 828 g/mol. The van der Waals surface area contributed by atoms with Crippen LogP contribution in [0.3, 0.4) is 0 Å². The number of unbranched alkanes of at least 4 members (excludes halogenated alkanes) is 25. The van der Waals surface area contributed by atoms with Gasteiger partial charge in [-0.05, 0) is 38.5 Å². The molecule has 0 aromatic carbocycles. The molecule has 0 bridgehead atoms. The van der Waals surface area contributed by atoms with Gasteiger partial charge in [-0.1, -0.05) is 186 Å². The summed E-state index contributed by atoms with van der Waals surface area (Å²) in [4.78, 5) is 37.6. The Morgan fingerprint density at radius 2 is 0.982 bits per heavy atom. The van der Waals surface area contributed by atoms with Crippen molar-refractivity contribution in [3.63, 3.8) is 0 Å². The number of allylic oxidation sites excluding steroid dienone is 4. The van der Waals surface area contributed by atoms with Gasteiger partial charge in [0.1, 0.15) is 19.8 Å². The second kappa shape index (κ2) is 39.9. The number of likely N-dealkylation sites (N-methyl/N-ethyl adjacent to an activating group) is 1. The summed E-state index contributed by atoms with van der Waals surface area (Å²) < 4.78 is 33.9. The Morgan fingerprint density at radius 1 is 0.544 bits per heavy atom. The second-order valence-electron chi connectivity index (χ2n) is 17.1. The normalized spacial score (nSPS) is 13.7. The molecule has 0 N–H and O–H groups in total. The van der Waals surface area contributed by atoms with E-state index in [4.69, 9.17) is 18.5 Å². The van der Waals surface area contributed by atoms with E-state index in [1.807, 2.05) is 21.1 Å². The maximum absolute atomic E-state index is 12.7. The van der Waals surface area contributed by atoms with Crippen LogP contribution in [0.25, 0.3) is 0 Å². The van der Waals surface area contributed by atoms with Gasteiger partial charge in [0.15, 0.2) is 6.10 Å². The van der Waals surface area contributed by atoms with E-state index in [0.717, 1.165) is 64.2 Å². The van der Waals surface area contributed by atoms with Crippen molar-refractivity contribution in [3.05, 3.63) is 24.3 Å². The quantitative estimate of drug-likeness (QED) is 0.0196. The molecule has 0 rings (SSSR count). The van der Waals surface area contributed by atoms with Gasteiger partial charge in [-0.3, -0.25) is 14.2 Å². The Labute approximate surface area is 351 Å². The lowest BCUT2D eigenvalue weighted by molar-refractivity contribution is -0.870. The van der Waals surface area contributed by atoms with E-state index in [-0.39, 0.29) is 32.0 Å². The topological polar surface area (TPSA) is 111 Å². The zero-order valence-corrected chi connectivity index (χ0v) is 38.7. The van der Waals surface area contributed by atoms with Gasteiger partial charge < -0.3 is 27.9 Å². The number of nitrogens with zero attached hydrogens (tertiary/aromatic N) is 1. The molecule has 0 saturated heterocycles. The van der Waals surface area contributed by atoms with Crippen molar-refractivity contribution >= 4 is 19.8 Å². The molecule has 2 atom stereocenters. The number of rotatable bonds is 43. The molecule has 10 heteroatoms. The van der Waals surface area contributed by atoms with Gasteiger partial charge in [0.05, 0.1) is 27.7 Å². The molecule has 0 aliphatic rings. The first kappa shape index (κ1) is 55.5. The molecular weight excluding hydrogens is 737 g/mol. The van der Waals surface area contributed by atoms with Crippen molar-refractivity contribution in [1.29, 1.82) is 0 Å². The molecule has 0 saturated carbocycles. The minimum absolute atomic E-state index is 0.0319. The number of phosphoric acid groups is 1. The molecule has 0 amide bonds. The molecule has 0 aromatic rings. The van der Waals surface area contributed by atoms with Gasteiger partial charge in [0, 0.05) is 12.8 Å². The van der Waals surface area contributed by atoms with Gasteiger partial charge in [0.2, 0.25) is 0 Å². The molecule has 0 spiro atoms. The van der Waals surface area contributed by atoms with E-state index in [0.29, 0.717) is 17.4 Å². The number of quaternary nitrogens is 1. The van der Waals surface area contributed by atoms with Gasteiger partial charge in [-0.2, -0.15) is 0 Å². The second-order valence-corrected chi connectivity index (χ2v) is 18.5. The lowest BCUT2D eigenvalue weighted by Gasteiger charge is -2.28. The average molecular weight is 828 g/mol. The fourth-order valence-corrected chi connectivity index (χ4v) is 7.25. The third-order valence-corrected chi connectivity index (χ3v) is 11.2. The summed E-state index contributed by atoms with van der Waals surface area (Å²) in [6.07, 6.45) is 43.5. The fourth-order valence-electron chi connectivity index (χ4n) is 6.52. The minimum atomic E-state index is -4.63. The molecule has 2 unspecified atom stereocenters. The predicted octanol–water partition coefficient (Wildman–Crippen LogP) is 12.9.